The molecule has 0 unspecified atom stereocenters. The molecule has 31 heavy (non-hydrogen) atoms. The van der Waals surface area contributed by atoms with E-state index in [9.17, 15) is 9.59 Å². The highest BCUT2D eigenvalue weighted by Crippen LogP contribution is 2.30. The molecule has 156 valence electrons. The van der Waals surface area contributed by atoms with Crippen LogP contribution in [0.5, 0.6) is 11.5 Å². The van der Waals surface area contributed by atoms with Gasteiger partial charge in [0.15, 0.2) is 5.65 Å². The second-order valence-corrected chi connectivity index (χ2v) is 8.07. The quantitative estimate of drug-likeness (QED) is 0.476. The molecule has 3 aromatic heterocycles. The summed E-state index contributed by atoms with van der Waals surface area (Å²) in [6.07, 6.45) is 3.52. The molecule has 1 fully saturated rings. The number of fused-ring (bicyclic) bond motifs is 1. The maximum absolute atomic E-state index is 12.4. The number of amides is 2. The minimum atomic E-state index is -0.207. The summed E-state index contributed by atoms with van der Waals surface area (Å²) < 4.78 is 7.48. The lowest BCUT2D eigenvalue weighted by atomic mass is 10.3. The Morgan fingerprint density at radius 3 is 2.81 bits per heavy atom. The van der Waals surface area contributed by atoms with E-state index in [1.165, 1.54) is 11.3 Å². The monoisotopic (exact) mass is 434 g/mol. The van der Waals surface area contributed by atoms with Crippen molar-refractivity contribution in [1.82, 2.24) is 19.6 Å². The number of nitrogens with zero attached hydrogens (tertiary/aromatic N) is 4. The van der Waals surface area contributed by atoms with Crippen LogP contribution in [0.1, 0.15) is 28.2 Å². The molecule has 0 spiro atoms. The Morgan fingerprint density at radius 2 is 2.03 bits per heavy atom. The Labute approximate surface area is 181 Å². The van der Waals surface area contributed by atoms with E-state index in [4.69, 9.17) is 4.74 Å². The van der Waals surface area contributed by atoms with Crippen molar-refractivity contribution in [2.24, 2.45) is 5.92 Å². The SMILES string of the molecule is Cc1ncsc1C(=O)Nc1cccc(Oc2ccc3nc(NC(=O)C4CC4)nn3c2)c1. The number of thiazole rings is 1. The summed E-state index contributed by atoms with van der Waals surface area (Å²) in [7, 11) is 0. The number of aryl methyl sites for hydroxylation is 1. The Kier molecular flexibility index (Phi) is 4.83. The van der Waals surface area contributed by atoms with Gasteiger partial charge in [-0.25, -0.2) is 9.50 Å². The van der Waals surface area contributed by atoms with Crippen molar-refractivity contribution in [2.75, 3.05) is 10.6 Å². The summed E-state index contributed by atoms with van der Waals surface area (Å²) in [5.74, 6) is 1.21. The van der Waals surface area contributed by atoms with Crippen LogP contribution in [0.4, 0.5) is 11.6 Å². The molecule has 1 aliphatic rings. The highest BCUT2D eigenvalue weighted by molar-refractivity contribution is 7.12. The lowest BCUT2D eigenvalue weighted by Crippen LogP contribution is -2.14. The van der Waals surface area contributed by atoms with Crippen molar-refractivity contribution in [1.29, 1.82) is 0 Å². The largest absolute Gasteiger partial charge is 0.456 e. The summed E-state index contributed by atoms with van der Waals surface area (Å²) in [4.78, 5) is 33.3. The normalized spacial score (nSPS) is 13.2. The maximum atomic E-state index is 12.4. The molecule has 9 nitrogen and oxygen atoms in total. The first-order valence-electron chi connectivity index (χ1n) is 9.72. The average molecular weight is 434 g/mol. The van der Waals surface area contributed by atoms with Crippen molar-refractivity contribution >= 4 is 40.4 Å². The summed E-state index contributed by atoms with van der Waals surface area (Å²) in [5.41, 5.74) is 3.55. The molecule has 4 aromatic rings. The predicted molar refractivity (Wildman–Crippen MR) is 116 cm³/mol. The minimum Gasteiger partial charge on any atom is -0.456 e. The number of carbonyl (C=O) groups is 2. The van der Waals surface area contributed by atoms with E-state index < -0.39 is 0 Å². The maximum Gasteiger partial charge on any atom is 0.267 e. The van der Waals surface area contributed by atoms with E-state index >= 15 is 0 Å². The second-order valence-electron chi connectivity index (χ2n) is 7.22. The highest BCUT2D eigenvalue weighted by Gasteiger charge is 2.30. The molecule has 2 N–H and O–H groups in total. The van der Waals surface area contributed by atoms with E-state index in [1.807, 2.05) is 0 Å². The molecular formula is C21H18N6O3S. The minimum absolute atomic E-state index is 0.0419. The third-order valence-electron chi connectivity index (χ3n) is 4.77. The van der Waals surface area contributed by atoms with Crippen LogP contribution in [0.15, 0.2) is 48.1 Å². The number of anilines is 2. The van der Waals surface area contributed by atoms with Gasteiger partial charge in [0.25, 0.3) is 5.91 Å². The molecular weight excluding hydrogens is 416 g/mol. The lowest BCUT2D eigenvalue weighted by Gasteiger charge is -2.09. The molecule has 2 amide bonds. The van der Waals surface area contributed by atoms with Gasteiger partial charge < -0.3 is 10.1 Å². The fraction of sp³-hybridized carbons (Fsp3) is 0.190. The van der Waals surface area contributed by atoms with Gasteiger partial charge >= 0.3 is 0 Å². The number of nitrogens with one attached hydrogen (secondary N) is 2. The zero-order chi connectivity index (χ0) is 21.4. The smallest absolute Gasteiger partial charge is 0.267 e. The van der Waals surface area contributed by atoms with Gasteiger partial charge in [-0.2, -0.15) is 4.98 Å². The molecule has 0 atom stereocenters. The van der Waals surface area contributed by atoms with Gasteiger partial charge in [-0.3, -0.25) is 14.9 Å². The number of hydrogen-bond acceptors (Lipinski definition) is 7. The molecule has 1 saturated carbocycles. The van der Waals surface area contributed by atoms with Gasteiger partial charge in [0, 0.05) is 17.7 Å². The third kappa shape index (κ3) is 4.24. The molecule has 0 radical (unpaired) electrons. The van der Waals surface area contributed by atoms with Gasteiger partial charge in [0.1, 0.15) is 16.4 Å². The molecule has 5 rings (SSSR count). The van der Waals surface area contributed by atoms with E-state index in [2.05, 4.69) is 25.7 Å². The standard InChI is InChI=1S/C21H18N6O3S/c1-12-18(31-11-22-12)20(29)23-14-3-2-4-15(9-14)30-16-7-8-17-24-21(26-27(17)10-16)25-19(28)13-5-6-13/h2-4,7-11,13H,5-6H2,1H3,(H,23,29)(H,25,26,28). The fourth-order valence-electron chi connectivity index (χ4n) is 3.02. The van der Waals surface area contributed by atoms with Gasteiger partial charge in [-0.1, -0.05) is 6.07 Å². The fourth-order valence-corrected chi connectivity index (χ4v) is 3.71. The van der Waals surface area contributed by atoms with Crippen LogP contribution < -0.4 is 15.4 Å². The van der Waals surface area contributed by atoms with Crippen LogP contribution in [0.25, 0.3) is 5.65 Å². The van der Waals surface area contributed by atoms with Crippen LogP contribution in [-0.4, -0.2) is 31.4 Å². The predicted octanol–water partition coefficient (Wildman–Crippen LogP) is 3.89. The number of pyridine rings is 1. The van der Waals surface area contributed by atoms with Gasteiger partial charge in [0.2, 0.25) is 11.9 Å². The summed E-state index contributed by atoms with van der Waals surface area (Å²) in [6, 6.07) is 10.6. The van der Waals surface area contributed by atoms with Gasteiger partial charge in [-0.15, -0.1) is 16.4 Å². The van der Waals surface area contributed by atoms with Crippen molar-refractivity contribution < 1.29 is 14.3 Å². The Balaban J connectivity index is 1.30. The Morgan fingerprint density at radius 1 is 1.16 bits per heavy atom. The van der Waals surface area contributed by atoms with Gasteiger partial charge in [-0.05, 0) is 44.0 Å². The van der Waals surface area contributed by atoms with Crippen molar-refractivity contribution in [3.05, 3.63) is 58.7 Å². The number of carbonyl (C=O) groups excluding carboxylic acids is 2. The van der Waals surface area contributed by atoms with E-state index in [1.54, 1.807) is 59.5 Å². The molecule has 0 aliphatic heterocycles. The van der Waals surface area contributed by atoms with Crippen LogP contribution >= 0.6 is 11.3 Å². The van der Waals surface area contributed by atoms with E-state index in [0.29, 0.717) is 33.4 Å². The summed E-state index contributed by atoms with van der Waals surface area (Å²) >= 11 is 1.30. The number of benzene rings is 1. The first-order chi connectivity index (χ1) is 15.0. The van der Waals surface area contributed by atoms with Crippen LogP contribution in [0.2, 0.25) is 0 Å². The van der Waals surface area contributed by atoms with E-state index in [-0.39, 0.29) is 23.7 Å². The zero-order valence-electron chi connectivity index (χ0n) is 16.5. The van der Waals surface area contributed by atoms with Crippen molar-refractivity contribution in [2.45, 2.75) is 19.8 Å². The van der Waals surface area contributed by atoms with Crippen molar-refractivity contribution in [3.63, 3.8) is 0 Å². The highest BCUT2D eigenvalue weighted by atomic mass is 32.1. The molecule has 0 bridgehead atoms. The van der Waals surface area contributed by atoms with Crippen LogP contribution in [0.3, 0.4) is 0 Å². The van der Waals surface area contributed by atoms with Crippen LogP contribution in [-0.2, 0) is 4.79 Å². The Hall–Kier alpha value is -3.79. The molecule has 3 heterocycles. The number of rotatable bonds is 6. The molecule has 10 heteroatoms. The van der Waals surface area contributed by atoms with Crippen molar-refractivity contribution in [3.8, 4) is 11.5 Å². The first-order valence-corrected chi connectivity index (χ1v) is 10.6. The number of aromatic nitrogens is 4. The molecule has 0 saturated heterocycles. The summed E-state index contributed by atoms with van der Waals surface area (Å²) in [6.45, 7) is 1.80. The molecule has 1 aliphatic carbocycles. The third-order valence-corrected chi connectivity index (χ3v) is 5.69. The topological polar surface area (TPSA) is 111 Å². The van der Waals surface area contributed by atoms with Crippen LogP contribution in [0, 0.1) is 12.8 Å². The Bertz CT molecular complexity index is 1290. The van der Waals surface area contributed by atoms with E-state index in [0.717, 1.165) is 12.8 Å². The number of ether oxygens (including phenoxy) is 1. The number of hydrogen-bond donors (Lipinski definition) is 2. The second kappa shape index (κ2) is 7.80. The van der Waals surface area contributed by atoms with Gasteiger partial charge in [0.05, 0.1) is 17.4 Å². The lowest BCUT2D eigenvalue weighted by molar-refractivity contribution is -0.117. The summed E-state index contributed by atoms with van der Waals surface area (Å²) in [5, 5.41) is 9.89. The zero-order valence-corrected chi connectivity index (χ0v) is 17.3. The molecule has 1 aromatic carbocycles. The average Bonchev–Trinajstić information content (AvgIpc) is 3.39. The first kappa shape index (κ1) is 19.2.